The Morgan fingerprint density at radius 2 is 1.59 bits per heavy atom. The van der Waals surface area contributed by atoms with E-state index in [0.717, 1.165) is 33.4 Å². The summed E-state index contributed by atoms with van der Waals surface area (Å²) in [5, 5.41) is 6.71. The summed E-state index contributed by atoms with van der Waals surface area (Å²) in [7, 11) is 0. The average Bonchev–Trinajstić information content (AvgIpc) is 3.03. The molecule has 0 aliphatic carbocycles. The molecule has 0 saturated heterocycles. The van der Waals surface area contributed by atoms with Gasteiger partial charge in [0.15, 0.2) is 0 Å². The fourth-order valence-corrected chi connectivity index (χ4v) is 3.09. The van der Waals surface area contributed by atoms with E-state index in [-0.39, 0.29) is 11.8 Å². The van der Waals surface area contributed by atoms with Crippen molar-refractivity contribution in [2.24, 2.45) is 0 Å². The maximum Gasteiger partial charge on any atom is 0.323 e. The molecule has 0 aliphatic rings. The number of aromatic nitrogens is 1. The van der Waals surface area contributed by atoms with Crippen molar-refractivity contribution >= 4 is 28.3 Å². The lowest BCUT2D eigenvalue weighted by atomic mass is 10.1. The maximum atomic E-state index is 13.3. The fraction of sp³-hybridized carbons (Fsp3) is 0.0455. The van der Waals surface area contributed by atoms with Crippen LogP contribution >= 0.6 is 0 Å². The van der Waals surface area contributed by atoms with Crippen LogP contribution in [0.5, 0.6) is 0 Å². The molecule has 4 rings (SSSR count). The lowest BCUT2D eigenvalue weighted by molar-refractivity contribution is 0.262. The number of aromatic amines is 1. The Hall–Kier alpha value is -3.60. The highest BCUT2D eigenvalue weighted by Gasteiger charge is 2.16. The Morgan fingerprint density at radius 3 is 2.37 bits per heavy atom. The highest BCUT2D eigenvalue weighted by atomic mass is 19.1. The van der Waals surface area contributed by atoms with Gasteiger partial charge in [-0.25, -0.2) is 9.18 Å². The third kappa shape index (κ3) is 3.40. The smallest absolute Gasteiger partial charge is 0.323 e. The van der Waals surface area contributed by atoms with Crippen molar-refractivity contribution in [1.29, 1.82) is 0 Å². The van der Waals surface area contributed by atoms with Gasteiger partial charge in [-0.15, -0.1) is 0 Å². The molecular formula is C22H18FN3O. The lowest BCUT2D eigenvalue weighted by Gasteiger charge is -2.11. The summed E-state index contributed by atoms with van der Waals surface area (Å²) >= 11 is 0. The molecular weight excluding hydrogens is 341 g/mol. The SMILES string of the molecule is Cc1ccccc1NC(=O)Nc1c(-c2ccc(F)cc2)[nH]c2ccccc12. The molecule has 1 heterocycles. The molecule has 0 aliphatic heterocycles. The van der Waals surface area contributed by atoms with E-state index in [4.69, 9.17) is 0 Å². The molecule has 1 aromatic heterocycles. The quantitative estimate of drug-likeness (QED) is 0.417. The number of nitrogens with one attached hydrogen (secondary N) is 3. The van der Waals surface area contributed by atoms with E-state index in [0.29, 0.717) is 5.69 Å². The van der Waals surface area contributed by atoms with Crippen LogP contribution in [-0.4, -0.2) is 11.0 Å². The van der Waals surface area contributed by atoms with Crippen LogP contribution in [0.3, 0.4) is 0 Å². The molecule has 3 N–H and O–H groups in total. The second kappa shape index (κ2) is 6.96. The van der Waals surface area contributed by atoms with Crippen molar-refractivity contribution in [3.05, 3.63) is 84.2 Å². The molecule has 0 atom stereocenters. The second-order valence-corrected chi connectivity index (χ2v) is 6.32. The summed E-state index contributed by atoms with van der Waals surface area (Å²) in [5.74, 6) is -0.304. The Balaban J connectivity index is 1.71. The average molecular weight is 359 g/mol. The van der Waals surface area contributed by atoms with Gasteiger partial charge in [0.1, 0.15) is 5.82 Å². The number of carbonyl (C=O) groups is 1. The van der Waals surface area contributed by atoms with Crippen LogP contribution in [0.4, 0.5) is 20.6 Å². The largest absolute Gasteiger partial charge is 0.353 e. The van der Waals surface area contributed by atoms with Gasteiger partial charge in [0, 0.05) is 22.2 Å². The number of benzene rings is 3. The number of hydrogen-bond acceptors (Lipinski definition) is 1. The summed E-state index contributed by atoms with van der Waals surface area (Å²) in [6.07, 6.45) is 0. The monoisotopic (exact) mass is 359 g/mol. The van der Waals surface area contributed by atoms with Crippen LogP contribution in [-0.2, 0) is 0 Å². The molecule has 4 nitrogen and oxygen atoms in total. The number of para-hydroxylation sites is 2. The molecule has 0 unspecified atom stereocenters. The summed E-state index contributed by atoms with van der Waals surface area (Å²) in [5.41, 5.74) is 4.80. The summed E-state index contributed by atoms with van der Waals surface area (Å²) in [6.45, 7) is 1.94. The van der Waals surface area contributed by atoms with Crippen LogP contribution in [0, 0.1) is 12.7 Å². The zero-order valence-electron chi connectivity index (χ0n) is 14.7. The third-order valence-corrected chi connectivity index (χ3v) is 4.47. The van der Waals surface area contributed by atoms with Gasteiger partial charge < -0.3 is 15.6 Å². The number of aryl methyl sites for hydroxylation is 1. The first-order valence-corrected chi connectivity index (χ1v) is 8.62. The summed E-state index contributed by atoms with van der Waals surface area (Å²) in [4.78, 5) is 15.9. The molecule has 2 amide bonds. The van der Waals surface area contributed by atoms with Gasteiger partial charge in [-0.05, 0) is 48.9 Å². The van der Waals surface area contributed by atoms with E-state index in [1.165, 1.54) is 12.1 Å². The van der Waals surface area contributed by atoms with Crippen LogP contribution < -0.4 is 10.6 Å². The van der Waals surface area contributed by atoms with Crippen molar-refractivity contribution < 1.29 is 9.18 Å². The van der Waals surface area contributed by atoms with Crippen LogP contribution in [0.2, 0.25) is 0 Å². The van der Waals surface area contributed by atoms with Gasteiger partial charge in [0.25, 0.3) is 0 Å². The highest BCUT2D eigenvalue weighted by molar-refractivity contribution is 6.10. The highest BCUT2D eigenvalue weighted by Crippen LogP contribution is 2.35. The molecule has 4 aromatic rings. The molecule has 0 radical (unpaired) electrons. The second-order valence-electron chi connectivity index (χ2n) is 6.32. The van der Waals surface area contributed by atoms with Gasteiger partial charge in [0.05, 0.1) is 11.4 Å². The standard InChI is InChI=1S/C22H18FN3O/c1-14-6-2-4-8-18(14)25-22(27)26-21-17-7-3-5-9-19(17)24-20(21)15-10-12-16(23)13-11-15/h2-13,24H,1H3,(H2,25,26,27). The predicted molar refractivity (Wildman–Crippen MR) is 108 cm³/mol. The van der Waals surface area contributed by atoms with E-state index in [1.54, 1.807) is 12.1 Å². The van der Waals surface area contributed by atoms with Gasteiger partial charge in [0.2, 0.25) is 0 Å². The summed E-state index contributed by atoms with van der Waals surface area (Å²) in [6, 6.07) is 21.1. The third-order valence-electron chi connectivity index (χ3n) is 4.47. The number of fused-ring (bicyclic) bond motifs is 1. The van der Waals surface area contributed by atoms with E-state index in [9.17, 15) is 9.18 Å². The van der Waals surface area contributed by atoms with E-state index >= 15 is 0 Å². The Kier molecular flexibility index (Phi) is 4.34. The zero-order valence-corrected chi connectivity index (χ0v) is 14.7. The van der Waals surface area contributed by atoms with Crippen molar-refractivity contribution in [3.8, 4) is 11.3 Å². The van der Waals surface area contributed by atoms with E-state index < -0.39 is 0 Å². The van der Waals surface area contributed by atoms with Gasteiger partial charge in [-0.2, -0.15) is 0 Å². The first-order chi connectivity index (χ1) is 13.1. The normalized spacial score (nSPS) is 10.7. The van der Waals surface area contributed by atoms with Crippen LogP contribution in [0.25, 0.3) is 22.2 Å². The van der Waals surface area contributed by atoms with Crippen molar-refractivity contribution in [2.45, 2.75) is 6.92 Å². The number of anilines is 2. The number of halogens is 1. The maximum absolute atomic E-state index is 13.3. The minimum absolute atomic E-state index is 0.304. The van der Waals surface area contributed by atoms with E-state index in [2.05, 4.69) is 15.6 Å². The van der Waals surface area contributed by atoms with Crippen molar-refractivity contribution in [1.82, 2.24) is 4.98 Å². The van der Waals surface area contributed by atoms with Gasteiger partial charge in [-0.3, -0.25) is 0 Å². The van der Waals surface area contributed by atoms with Crippen LogP contribution in [0.15, 0.2) is 72.8 Å². The summed E-state index contributed by atoms with van der Waals surface area (Å²) < 4.78 is 13.3. The number of carbonyl (C=O) groups excluding carboxylic acids is 1. The molecule has 134 valence electrons. The minimum Gasteiger partial charge on any atom is -0.353 e. The molecule has 0 fully saturated rings. The number of urea groups is 1. The number of hydrogen-bond donors (Lipinski definition) is 3. The zero-order chi connectivity index (χ0) is 18.8. The first-order valence-electron chi connectivity index (χ1n) is 8.62. The van der Waals surface area contributed by atoms with Crippen molar-refractivity contribution in [2.75, 3.05) is 10.6 Å². The first kappa shape index (κ1) is 16.8. The lowest BCUT2D eigenvalue weighted by Crippen LogP contribution is -2.20. The molecule has 0 bridgehead atoms. The minimum atomic E-state index is -0.336. The number of H-pyrrole nitrogens is 1. The topological polar surface area (TPSA) is 56.9 Å². The van der Waals surface area contributed by atoms with Crippen molar-refractivity contribution in [3.63, 3.8) is 0 Å². The molecule has 0 saturated carbocycles. The van der Waals surface area contributed by atoms with E-state index in [1.807, 2.05) is 55.5 Å². The molecule has 27 heavy (non-hydrogen) atoms. The molecule has 3 aromatic carbocycles. The van der Waals surface area contributed by atoms with Gasteiger partial charge in [-0.1, -0.05) is 36.4 Å². The van der Waals surface area contributed by atoms with Gasteiger partial charge >= 0.3 is 6.03 Å². The number of rotatable bonds is 3. The Labute approximate surface area is 156 Å². The Bertz CT molecular complexity index is 1120. The Morgan fingerprint density at radius 1 is 0.889 bits per heavy atom. The number of amides is 2. The van der Waals surface area contributed by atoms with Crippen LogP contribution in [0.1, 0.15) is 5.56 Å². The molecule has 0 spiro atoms. The fourth-order valence-electron chi connectivity index (χ4n) is 3.09. The molecule has 5 heteroatoms. The predicted octanol–water partition coefficient (Wildman–Crippen LogP) is 5.93.